The molecule has 2 N–H and O–H groups in total. The maximum absolute atomic E-state index is 12.6. The van der Waals surface area contributed by atoms with Crippen molar-refractivity contribution >= 4 is 17.7 Å². The van der Waals surface area contributed by atoms with Gasteiger partial charge in [0.1, 0.15) is 5.82 Å². The van der Waals surface area contributed by atoms with E-state index in [1.807, 2.05) is 11.8 Å². The Balaban J connectivity index is 1.52. The summed E-state index contributed by atoms with van der Waals surface area (Å²) in [7, 11) is 0. The molecule has 0 radical (unpaired) electrons. The third-order valence-electron chi connectivity index (χ3n) is 4.76. The predicted octanol–water partition coefficient (Wildman–Crippen LogP) is -0.00558. The lowest BCUT2D eigenvalue weighted by Gasteiger charge is -2.40. The molecule has 8 nitrogen and oxygen atoms in total. The maximum atomic E-state index is 12.6. The molecule has 2 aliphatic rings. The zero-order chi connectivity index (χ0) is 17.6. The van der Waals surface area contributed by atoms with Crippen LogP contribution in [0.25, 0.3) is 0 Å². The first-order chi connectivity index (χ1) is 12.1. The summed E-state index contributed by atoms with van der Waals surface area (Å²) in [4.78, 5) is 21.1. The van der Waals surface area contributed by atoms with E-state index in [0.717, 1.165) is 51.6 Å². The molecule has 3 heterocycles. The van der Waals surface area contributed by atoms with Crippen molar-refractivity contribution in [2.75, 3.05) is 58.3 Å². The second-order valence-electron chi connectivity index (χ2n) is 6.85. The van der Waals surface area contributed by atoms with Crippen molar-refractivity contribution in [3.05, 3.63) is 5.82 Å². The van der Waals surface area contributed by atoms with Gasteiger partial charge >= 0.3 is 0 Å². The quantitative estimate of drug-likeness (QED) is 0.681. The van der Waals surface area contributed by atoms with E-state index in [2.05, 4.69) is 20.1 Å². The molecule has 1 amide bonds. The molecule has 0 aromatic carbocycles. The van der Waals surface area contributed by atoms with Crippen LogP contribution in [-0.2, 0) is 9.53 Å². The Labute approximate surface area is 152 Å². The van der Waals surface area contributed by atoms with Gasteiger partial charge in [-0.1, -0.05) is 11.8 Å². The summed E-state index contributed by atoms with van der Waals surface area (Å²) in [6.45, 7) is 7.82. The van der Waals surface area contributed by atoms with Crippen LogP contribution in [0.4, 0.5) is 0 Å². The molecule has 0 spiro atoms. The van der Waals surface area contributed by atoms with Gasteiger partial charge in [0.2, 0.25) is 11.1 Å². The highest BCUT2D eigenvalue weighted by Gasteiger charge is 2.31. The number of likely N-dealkylation sites (tertiary alicyclic amines) is 1. The van der Waals surface area contributed by atoms with Gasteiger partial charge in [0.15, 0.2) is 0 Å². The molecule has 140 valence electrons. The monoisotopic (exact) mass is 369 g/mol. The van der Waals surface area contributed by atoms with E-state index in [1.54, 1.807) is 0 Å². The van der Waals surface area contributed by atoms with Crippen molar-refractivity contribution in [1.29, 1.82) is 0 Å². The van der Waals surface area contributed by atoms with Crippen LogP contribution in [0.5, 0.6) is 0 Å². The molecule has 9 heteroatoms. The lowest BCUT2D eigenvalue weighted by molar-refractivity contribution is -0.132. The lowest BCUT2D eigenvalue weighted by atomic mass is 9.89. The topological polar surface area (TPSA) is 94.6 Å². The molecule has 2 atom stereocenters. The molecule has 2 saturated heterocycles. The number of amides is 1. The molecule has 0 aliphatic carbocycles. The molecular formula is C16H27N5O3S. The van der Waals surface area contributed by atoms with Crippen molar-refractivity contribution in [3.63, 3.8) is 0 Å². The molecule has 3 rings (SSSR count). The highest BCUT2D eigenvalue weighted by molar-refractivity contribution is 7.99. The predicted molar refractivity (Wildman–Crippen MR) is 94.4 cm³/mol. The summed E-state index contributed by atoms with van der Waals surface area (Å²) in [6.07, 6.45) is 0.977. The largest absolute Gasteiger partial charge is 0.396 e. The minimum atomic E-state index is 0.0950. The average Bonchev–Trinajstić information content (AvgIpc) is 3.05. The Hall–Kier alpha value is -1.16. The van der Waals surface area contributed by atoms with Gasteiger partial charge in [-0.3, -0.25) is 14.8 Å². The van der Waals surface area contributed by atoms with Crippen molar-refractivity contribution in [2.24, 2.45) is 11.8 Å². The summed E-state index contributed by atoms with van der Waals surface area (Å²) in [6, 6.07) is 0. The minimum Gasteiger partial charge on any atom is -0.396 e. The maximum Gasteiger partial charge on any atom is 0.233 e. The van der Waals surface area contributed by atoms with Gasteiger partial charge in [-0.25, -0.2) is 4.98 Å². The van der Waals surface area contributed by atoms with Crippen LogP contribution >= 0.6 is 11.8 Å². The highest BCUT2D eigenvalue weighted by Crippen LogP contribution is 2.24. The fourth-order valence-electron chi connectivity index (χ4n) is 3.54. The number of aliphatic hydroxyl groups is 1. The summed E-state index contributed by atoms with van der Waals surface area (Å²) < 4.78 is 5.40. The van der Waals surface area contributed by atoms with Crippen LogP contribution in [0.2, 0.25) is 0 Å². The first-order valence-corrected chi connectivity index (χ1v) is 9.83. The number of H-pyrrole nitrogens is 1. The van der Waals surface area contributed by atoms with Gasteiger partial charge in [0, 0.05) is 39.3 Å². The van der Waals surface area contributed by atoms with Crippen LogP contribution in [0.3, 0.4) is 0 Å². The van der Waals surface area contributed by atoms with Crippen molar-refractivity contribution in [3.8, 4) is 0 Å². The van der Waals surface area contributed by atoms with E-state index >= 15 is 0 Å². The molecule has 0 saturated carbocycles. The highest BCUT2D eigenvalue weighted by atomic mass is 32.2. The smallest absolute Gasteiger partial charge is 0.233 e. The van der Waals surface area contributed by atoms with Crippen LogP contribution in [0.15, 0.2) is 5.16 Å². The number of rotatable bonds is 6. The van der Waals surface area contributed by atoms with E-state index in [4.69, 9.17) is 4.74 Å². The van der Waals surface area contributed by atoms with Crippen LogP contribution in [-0.4, -0.2) is 94.3 Å². The number of nitrogens with zero attached hydrogens (tertiary/aromatic N) is 4. The van der Waals surface area contributed by atoms with Crippen LogP contribution in [0, 0.1) is 18.8 Å². The van der Waals surface area contributed by atoms with Crippen molar-refractivity contribution in [2.45, 2.75) is 18.5 Å². The molecular weight excluding hydrogens is 342 g/mol. The first kappa shape index (κ1) is 18.6. The summed E-state index contributed by atoms with van der Waals surface area (Å²) in [5.74, 6) is 1.75. The Bertz CT molecular complexity index is 564. The first-order valence-electron chi connectivity index (χ1n) is 8.84. The second kappa shape index (κ2) is 8.98. The molecule has 2 unspecified atom stereocenters. The second-order valence-corrected chi connectivity index (χ2v) is 7.80. The Morgan fingerprint density at radius 2 is 2.12 bits per heavy atom. The number of hydrogen-bond acceptors (Lipinski definition) is 7. The van der Waals surface area contributed by atoms with Gasteiger partial charge in [0.05, 0.1) is 19.0 Å². The normalized spacial score (nSPS) is 25.3. The van der Waals surface area contributed by atoms with Gasteiger partial charge in [-0.05, 0) is 25.2 Å². The molecule has 1 aromatic heterocycles. The number of carbonyl (C=O) groups is 1. The van der Waals surface area contributed by atoms with Crippen molar-refractivity contribution < 1.29 is 14.6 Å². The van der Waals surface area contributed by atoms with Gasteiger partial charge in [-0.2, -0.15) is 0 Å². The zero-order valence-electron chi connectivity index (χ0n) is 14.7. The minimum absolute atomic E-state index is 0.0950. The standard InChI is InChI=1S/C16H27N5O3S/c1-12-17-16(19-18-12)25-11-15(23)21-8-13(6-14(9-21)10-22)7-20-2-4-24-5-3-20/h13-14,22H,2-11H2,1H3,(H,17,18,19). The van der Waals surface area contributed by atoms with Gasteiger partial charge < -0.3 is 14.7 Å². The number of aliphatic hydroxyl groups excluding tert-OH is 1. The van der Waals surface area contributed by atoms with Crippen molar-refractivity contribution in [1.82, 2.24) is 25.0 Å². The van der Waals surface area contributed by atoms with E-state index in [1.165, 1.54) is 11.8 Å². The molecule has 1 aromatic rings. The fraction of sp³-hybridized carbons (Fsp3) is 0.812. The number of ether oxygens (including phenoxy) is 1. The lowest BCUT2D eigenvalue weighted by Crippen LogP contribution is -2.49. The average molecular weight is 369 g/mol. The number of aryl methyl sites for hydroxylation is 1. The SMILES string of the molecule is Cc1nc(SCC(=O)N2CC(CO)CC(CN3CCOCC3)C2)n[nH]1. The number of nitrogens with one attached hydrogen (secondary N) is 1. The number of thioether (sulfide) groups is 1. The number of hydrogen-bond donors (Lipinski definition) is 2. The number of aromatic nitrogens is 3. The van der Waals surface area contributed by atoms with E-state index in [-0.39, 0.29) is 18.4 Å². The third-order valence-corrected chi connectivity index (χ3v) is 5.59. The van der Waals surface area contributed by atoms with Gasteiger partial charge in [0.25, 0.3) is 0 Å². The number of piperidine rings is 1. The molecule has 0 bridgehead atoms. The Morgan fingerprint density at radius 3 is 2.80 bits per heavy atom. The van der Waals surface area contributed by atoms with E-state index in [0.29, 0.717) is 23.4 Å². The van der Waals surface area contributed by atoms with Crippen LogP contribution in [0.1, 0.15) is 12.2 Å². The fourth-order valence-corrected chi connectivity index (χ4v) is 4.29. The van der Waals surface area contributed by atoms with Gasteiger partial charge in [-0.15, -0.1) is 5.10 Å². The number of aromatic amines is 1. The molecule has 2 fully saturated rings. The van der Waals surface area contributed by atoms with E-state index < -0.39 is 0 Å². The summed E-state index contributed by atoms with van der Waals surface area (Å²) in [5.41, 5.74) is 0. The zero-order valence-corrected chi connectivity index (χ0v) is 15.5. The third kappa shape index (κ3) is 5.40. The number of carbonyl (C=O) groups excluding carboxylic acids is 1. The Morgan fingerprint density at radius 1 is 1.36 bits per heavy atom. The molecule has 2 aliphatic heterocycles. The summed E-state index contributed by atoms with van der Waals surface area (Å²) >= 11 is 1.35. The summed E-state index contributed by atoms with van der Waals surface area (Å²) in [5, 5.41) is 17.1. The molecule has 25 heavy (non-hydrogen) atoms. The van der Waals surface area contributed by atoms with Crippen LogP contribution < -0.4 is 0 Å². The Kier molecular flexibility index (Phi) is 6.69. The van der Waals surface area contributed by atoms with E-state index in [9.17, 15) is 9.90 Å². The number of morpholine rings is 1.